The predicted molar refractivity (Wildman–Crippen MR) is 56.8 cm³/mol. The van der Waals surface area contributed by atoms with Crippen LogP contribution in [0.4, 0.5) is 0 Å². The number of rotatable bonds is 2. The molecule has 76 valence electrons. The third-order valence-corrected chi connectivity index (χ3v) is 4.99. The van der Waals surface area contributed by atoms with Gasteiger partial charge in [0.05, 0.1) is 5.60 Å². The molecule has 13 heavy (non-hydrogen) atoms. The van der Waals surface area contributed by atoms with Crippen molar-refractivity contribution in [3.63, 3.8) is 0 Å². The van der Waals surface area contributed by atoms with Crippen molar-refractivity contribution in [3.05, 3.63) is 0 Å². The Labute approximate surface area is 84.3 Å². The summed E-state index contributed by atoms with van der Waals surface area (Å²) in [6, 6.07) is 0. The van der Waals surface area contributed by atoms with Crippen LogP contribution in [0.25, 0.3) is 0 Å². The number of hydrogen-bond acceptors (Lipinski definition) is 3. The van der Waals surface area contributed by atoms with Gasteiger partial charge in [-0.2, -0.15) is 11.8 Å². The van der Waals surface area contributed by atoms with Crippen molar-refractivity contribution in [1.82, 2.24) is 0 Å². The summed E-state index contributed by atoms with van der Waals surface area (Å²) in [6.07, 6.45) is 5.45. The van der Waals surface area contributed by atoms with E-state index in [-0.39, 0.29) is 5.41 Å². The first-order chi connectivity index (χ1) is 6.22. The van der Waals surface area contributed by atoms with Gasteiger partial charge in [0, 0.05) is 12.0 Å². The van der Waals surface area contributed by atoms with Gasteiger partial charge in [-0.1, -0.05) is 6.42 Å². The maximum atomic E-state index is 10.5. The fourth-order valence-corrected chi connectivity index (χ4v) is 3.87. The lowest BCUT2D eigenvalue weighted by Crippen LogP contribution is -2.58. The van der Waals surface area contributed by atoms with Gasteiger partial charge in [-0.05, 0) is 37.2 Å². The number of thioether (sulfide) groups is 1. The molecule has 1 aliphatic carbocycles. The Bertz CT molecular complexity index is 180. The number of aliphatic hydroxyl groups is 1. The van der Waals surface area contributed by atoms with Gasteiger partial charge in [0.25, 0.3) is 0 Å². The lowest BCUT2D eigenvalue weighted by Gasteiger charge is -2.54. The van der Waals surface area contributed by atoms with Crippen LogP contribution in [0.2, 0.25) is 0 Å². The topological polar surface area (TPSA) is 46.2 Å². The Hall–Kier alpha value is 0.270. The molecule has 0 amide bonds. The molecule has 0 unspecified atom stereocenters. The van der Waals surface area contributed by atoms with E-state index in [4.69, 9.17) is 5.73 Å². The Morgan fingerprint density at radius 2 is 1.77 bits per heavy atom. The van der Waals surface area contributed by atoms with E-state index in [1.807, 2.05) is 11.8 Å². The third-order valence-electron chi connectivity index (χ3n) is 4.01. The first kappa shape index (κ1) is 9.81. The summed E-state index contributed by atoms with van der Waals surface area (Å²) in [5, 5.41) is 10.5. The van der Waals surface area contributed by atoms with Crippen LogP contribution >= 0.6 is 11.8 Å². The van der Waals surface area contributed by atoms with Gasteiger partial charge >= 0.3 is 0 Å². The quantitative estimate of drug-likeness (QED) is 0.709. The summed E-state index contributed by atoms with van der Waals surface area (Å²) in [4.78, 5) is 0. The van der Waals surface area contributed by atoms with Gasteiger partial charge in [0.2, 0.25) is 0 Å². The number of nitrogens with two attached hydrogens (primary N) is 1. The highest BCUT2D eigenvalue weighted by molar-refractivity contribution is 7.99. The summed E-state index contributed by atoms with van der Waals surface area (Å²) < 4.78 is 0. The molecule has 0 aromatic heterocycles. The van der Waals surface area contributed by atoms with Gasteiger partial charge in [-0.3, -0.25) is 0 Å². The molecule has 0 aromatic carbocycles. The highest BCUT2D eigenvalue weighted by Gasteiger charge is 2.52. The molecular weight excluding hydrogens is 182 g/mol. The average molecular weight is 201 g/mol. The Balaban J connectivity index is 2.10. The summed E-state index contributed by atoms with van der Waals surface area (Å²) in [6.45, 7) is 0.675. The van der Waals surface area contributed by atoms with Crippen molar-refractivity contribution >= 4 is 11.8 Å². The molecule has 0 atom stereocenters. The first-order valence-electron chi connectivity index (χ1n) is 5.23. The number of hydrogen-bond donors (Lipinski definition) is 2. The van der Waals surface area contributed by atoms with Crippen molar-refractivity contribution in [2.75, 3.05) is 18.1 Å². The fraction of sp³-hybridized carbons (Fsp3) is 1.00. The molecule has 0 radical (unpaired) electrons. The maximum absolute atomic E-state index is 10.5. The molecule has 2 aliphatic rings. The lowest BCUT2D eigenvalue weighted by molar-refractivity contribution is -0.127. The Morgan fingerprint density at radius 1 is 1.15 bits per heavy atom. The zero-order valence-electron chi connectivity index (χ0n) is 8.09. The Morgan fingerprint density at radius 3 is 2.15 bits per heavy atom. The first-order valence-corrected chi connectivity index (χ1v) is 6.38. The van der Waals surface area contributed by atoms with Crippen LogP contribution in [-0.4, -0.2) is 28.8 Å². The maximum Gasteiger partial charge on any atom is 0.0731 e. The minimum atomic E-state index is -0.425. The molecule has 0 bridgehead atoms. The molecule has 3 N–H and O–H groups in total. The smallest absolute Gasteiger partial charge is 0.0731 e. The van der Waals surface area contributed by atoms with Crippen molar-refractivity contribution in [2.24, 2.45) is 11.1 Å². The van der Waals surface area contributed by atoms with E-state index in [0.717, 1.165) is 37.2 Å². The minimum Gasteiger partial charge on any atom is -0.389 e. The molecule has 3 heteroatoms. The molecule has 0 spiro atoms. The molecule has 1 saturated heterocycles. The SMILES string of the molecule is NCC1(C2(O)CCSCC2)CCC1. The molecule has 2 fully saturated rings. The van der Waals surface area contributed by atoms with Gasteiger partial charge < -0.3 is 10.8 Å². The minimum absolute atomic E-state index is 0.0913. The molecule has 1 heterocycles. The van der Waals surface area contributed by atoms with Crippen LogP contribution in [0.3, 0.4) is 0 Å². The van der Waals surface area contributed by atoms with E-state index in [9.17, 15) is 5.11 Å². The highest BCUT2D eigenvalue weighted by atomic mass is 32.2. The fourth-order valence-electron chi connectivity index (χ4n) is 2.70. The molecule has 2 rings (SSSR count). The van der Waals surface area contributed by atoms with Gasteiger partial charge in [-0.25, -0.2) is 0 Å². The molecular formula is C10H19NOS. The second-order valence-electron chi connectivity index (χ2n) is 4.48. The van der Waals surface area contributed by atoms with Crippen LogP contribution < -0.4 is 5.73 Å². The van der Waals surface area contributed by atoms with Crippen LogP contribution in [0.15, 0.2) is 0 Å². The van der Waals surface area contributed by atoms with Gasteiger partial charge in [-0.15, -0.1) is 0 Å². The third kappa shape index (κ3) is 1.41. The highest BCUT2D eigenvalue weighted by Crippen LogP contribution is 2.53. The normalized spacial score (nSPS) is 30.9. The summed E-state index contributed by atoms with van der Waals surface area (Å²) in [5.74, 6) is 2.22. The average Bonchev–Trinajstić information content (AvgIpc) is 2.04. The van der Waals surface area contributed by atoms with Crippen molar-refractivity contribution < 1.29 is 5.11 Å². The van der Waals surface area contributed by atoms with E-state index in [1.54, 1.807) is 0 Å². The van der Waals surface area contributed by atoms with Crippen LogP contribution in [0.5, 0.6) is 0 Å². The van der Waals surface area contributed by atoms with E-state index < -0.39 is 5.60 Å². The summed E-state index contributed by atoms with van der Waals surface area (Å²) >= 11 is 1.96. The monoisotopic (exact) mass is 201 g/mol. The standard InChI is InChI=1S/C10H19NOS/c11-8-9(2-1-3-9)10(12)4-6-13-7-5-10/h12H,1-8,11H2. The second-order valence-corrected chi connectivity index (χ2v) is 5.71. The zero-order chi connectivity index (χ0) is 9.36. The van der Waals surface area contributed by atoms with E-state index in [0.29, 0.717) is 6.54 Å². The van der Waals surface area contributed by atoms with E-state index in [1.165, 1.54) is 6.42 Å². The summed E-state index contributed by atoms with van der Waals surface area (Å²) in [7, 11) is 0. The zero-order valence-corrected chi connectivity index (χ0v) is 8.91. The Kier molecular flexibility index (Phi) is 2.60. The second kappa shape index (κ2) is 3.44. The largest absolute Gasteiger partial charge is 0.389 e. The lowest BCUT2D eigenvalue weighted by atomic mass is 9.57. The van der Waals surface area contributed by atoms with Crippen molar-refractivity contribution in [2.45, 2.75) is 37.7 Å². The summed E-state index contributed by atoms with van der Waals surface area (Å²) in [5.41, 5.74) is 5.48. The van der Waals surface area contributed by atoms with Crippen molar-refractivity contribution in [3.8, 4) is 0 Å². The van der Waals surface area contributed by atoms with Gasteiger partial charge in [0.15, 0.2) is 0 Å². The van der Waals surface area contributed by atoms with Gasteiger partial charge in [0.1, 0.15) is 0 Å². The van der Waals surface area contributed by atoms with E-state index in [2.05, 4.69) is 0 Å². The van der Waals surface area contributed by atoms with Crippen LogP contribution in [-0.2, 0) is 0 Å². The molecule has 1 saturated carbocycles. The molecule has 1 aliphatic heterocycles. The van der Waals surface area contributed by atoms with Crippen LogP contribution in [0.1, 0.15) is 32.1 Å². The van der Waals surface area contributed by atoms with E-state index >= 15 is 0 Å². The molecule has 2 nitrogen and oxygen atoms in total. The predicted octanol–water partition coefficient (Wildman–Crippen LogP) is 1.37. The molecule has 0 aromatic rings. The van der Waals surface area contributed by atoms with Crippen LogP contribution in [0, 0.1) is 5.41 Å². The van der Waals surface area contributed by atoms with Crippen molar-refractivity contribution in [1.29, 1.82) is 0 Å².